The molecule has 15 heavy (non-hydrogen) atoms. The molecule has 0 spiro atoms. The maximum absolute atomic E-state index is 11.4. The van der Waals surface area contributed by atoms with Crippen LogP contribution in [0.25, 0.3) is 0 Å². The molecule has 0 unspecified atom stereocenters. The zero-order valence-corrected chi connectivity index (χ0v) is 8.33. The summed E-state index contributed by atoms with van der Waals surface area (Å²) in [7, 11) is 0. The minimum atomic E-state index is -0.330. The van der Waals surface area contributed by atoms with Crippen molar-refractivity contribution in [2.75, 3.05) is 6.54 Å². The van der Waals surface area contributed by atoms with Gasteiger partial charge < -0.3 is 10.3 Å². The summed E-state index contributed by atoms with van der Waals surface area (Å²) in [5, 5.41) is 2.63. The van der Waals surface area contributed by atoms with Crippen molar-refractivity contribution in [1.29, 1.82) is 0 Å². The lowest BCUT2D eigenvalue weighted by atomic mass is 10.4. The number of amides is 1. The van der Waals surface area contributed by atoms with Crippen LogP contribution in [0.15, 0.2) is 17.2 Å². The number of aromatic nitrogens is 2. The fourth-order valence-electron chi connectivity index (χ4n) is 0.920. The average molecular weight is 205 g/mol. The van der Waals surface area contributed by atoms with Crippen molar-refractivity contribution in [2.24, 2.45) is 0 Å². The fraction of sp³-hybridized carbons (Fsp3) is 0.300. The first-order chi connectivity index (χ1) is 7.24. The highest BCUT2D eigenvalue weighted by Crippen LogP contribution is 1.87. The molecule has 0 saturated carbocycles. The van der Waals surface area contributed by atoms with Crippen molar-refractivity contribution in [1.82, 2.24) is 15.3 Å². The molecule has 78 valence electrons. The van der Waals surface area contributed by atoms with Crippen LogP contribution in [-0.4, -0.2) is 22.4 Å². The summed E-state index contributed by atoms with van der Waals surface area (Å²) in [5.41, 5.74) is -0.137. The van der Waals surface area contributed by atoms with Crippen LogP contribution < -0.4 is 10.9 Å². The molecule has 1 aromatic rings. The Kier molecular flexibility index (Phi) is 4.10. The molecule has 0 aliphatic rings. The monoisotopic (exact) mass is 205 g/mol. The van der Waals surface area contributed by atoms with Crippen LogP contribution in [0.1, 0.15) is 23.8 Å². The lowest BCUT2D eigenvalue weighted by Gasteiger charge is -2.00. The van der Waals surface area contributed by atoms with E-state index in [1.54, 1.807) is 6.92 Å². The highest BCUT2D eigenvalue weighted by atomic mass is 16.2. The van der Waals surface area contributed by atoms with E-state index in [4.69, 9.17) is 0 Å². The van der Waals surface area contributed by atoms with Crippen molar-refractivity contribution >= 4 is 5.91 Å². The van der Waals surface area contributed by atoms with Gasteiger partial charge in [0, 0.05) is 19.2 Å². The third kappa shape index (κ3) is 3.65. The molecule has 1 amide bonds. The van der Waals surface area contributed by atoms with Crippen molar-refractivity contribution < 1.29 is 4.79 Å². The normalized spacial score (nSPS) is 8.87. The first-order valence-corrected chi connectivity index (χ1v) is 4.46. The van der Waals surface area contributed by atoms with Crippen LogP contribution in [-0.2, 0) is 0 Å². The van der Waals surface area contributed by atoms with E-state index in [9.17, 15) is 9.59 Å². The summed E-state index contributed by atoms with van der Waals surface area (Å²) >= 11 is 0. The number of H-pyrrole nitrogens is 1. The summed E-state index contributed by atoms with van der Waals surface area (Å²) in [5.74, 6) is 5.23. The fourth-order valence-corrected chi connectivity index (χ4v) is 0.920. The topological polar surface area (TPSA) is 74.8 Å². The largest absolute Gasteiger partial charge is 0.350 e. The SMILES string of the molecule is CC#CCCNC(=O)c1c[nH]c(=O)cn1. The van der Waals surface area contributed by atoms with Crippen molar-refractivity contribution in [3.05, 3.63) is 28.4 Å². The molecule has 0 bridgehead atoms. The standard InChI is InChI=1S/C10H11N3O2/c1-2-3-4-5-11-10(15)8-6-13-9(14)7-12-8/h6-7H,4-5H2,1H3,(H,11,15)(H,13,14). The number of rotatable bonds is 3. The quantitative estimate of drug-likeness (QED) is 0.535. The van der Waals surface area contributed by atoms with Gasteiger partial charge in [0.15, 0.2) is 0 Å². The molecule has 5 nitrogen and oxygen atoms in total. The van der Waals surface area contributed by atoms with Crippen LogP contribution >= 0.6 is 0 Å². The lowest BCUT2D eigenvalue weighted by molar-refractivity contribution is 0.0949. The van der Waals surface area contributed by atoms with Crippen molar-refractivity contribution in [3.63, 3.8) is 0 Å². The maximum Gasteiger partial charge on any atom is 0.271 e. The number of nitrogens with one attached hydrogen (secondary N) is 2. The molecule has 0 aliphatic carbocycles. The van der Waals surface area contributed by atoms with E-state index >= 15 is 0 Å². The number of carbonyl (C=O) groups is 1. The number of nitrogens with zero attached hydrogens (tertiary/aromatic N) is 1. The predicted octanol–water partition coefficient (Wildman–Crippen LogP) is -0.0869. The van der Waals surface area contributed by atoms with Gasteiger partial charge in [-0.3, -0.25) is 9.59 Å². The Hall–Kier alpha value is -2.09. The van der Waals surface area contributed by atoms with Gasteiger partial charge in [-0.2, -0.15) is 0 Å². The van der Waals surface area contributed by atoms with E-state index in [1.807, 2.05) is 0 Å². The van der Waals surface area contributed by atoms with E-state index in [0.717, 1.165) is 6.20 Å². The Morgan fingerprint density at radius 2 is 2.47 bits per heavy atom. The molecule has 0 fully saturated rings. The molecule has 5 heteroatoms. The predicted molar refractivity (Wildman–Crippen MR) is 55.3 cm³/mol. The van der Waals surface area contributed by atoms with Gasteiger partial charge in [0.05, 0.1) is 6.20 Å². The second kappa shape index (κ2) is 5.60. The van der Waals surface area contributed by atoms with E-state index < -0.39 is 0 Å². The number of carbonyl (C=O) groups excluding carboxylic acids is 1. The Morgan fingerprint density at radius 3 is 3.07 bits per heavy atom. The number of hydrogen-bond acceptors (Lipinski definition) is 3. The molecule has 1 aromatic heterocycles. The van der Waals surface area contributed by atoms with Gasteiger partial charge >= 0.3 is 0 Å². The maximum atomic E-state index is 11.4. The zero-order chi connectivity index (χ0) is 11.1. The van der Waals surface area contributed by atoms with Crippen LogP contribution in [0.5, 0.6) is 0 Å². The molecule has 2 N–H and O–H groups in total. The summed E-state index contributed by atoms with van der Waals surface area (Å²) in [6, 6.07) is 0. The number of hydrogen-bond donors (Lipinski definition) is 2. The highest BCUT2D eigenvalue weighted by molar-refractivity contribution is 5.91. The van der Waals surface area contributed by atoms with Gasteiger partial charge in [-0.25, -0.2) is 4.98 Å². The van der Waals surface area contributed by atoms with Gasteiger partial charge in [-0.05, 0) is 6.92 Å². The Balaban J connectivity index is 2.49. The molecule has 1 heterocycles. The highest BCUT2D eigenvalue weighted by Gasteiger charge is 2.04. The van der Waals surface area contributed by atoms with Crippen LogP contribution in [0.2, 0.25) is 0 Å². The third-order valence-corrected chi connectivity index (χ3v) is 1.62. The van der Waals surface area contributed by atoms with Gasteiger partial charge in [0.1, 0.15) is 5.69 Å². The van der Waals surface area contributed by atoms with Crippen LogP contribution in [0.3, 0.4) is 0 Å². The van der Waals surface area contributed by atoms with Crippen LogP contribution in [0.4, 0.5) is 0 Å². The first kappa shape index (κ1) is 11.0. The van der Waals surface area contributed by atoms with Gasteiger partial charge in [-0.1, -0.05) is 0 Å². The second-order valence-corrected chi connectivity index (χ2v) is 2.73. The summed E-state index contributed by atoms with van der Waals surface area (Å²) in [4.78, 5) is 28.1. The Bertz CT molecular complexity index is 433. The zero-order valence-electron chi connectivity index (χ0n) is 8.33. The van der Waals surface area contributed by atoms with Gasteiger partial charge in [0.2, 0.25) is 0 Å². The van der Waals surface area contributed by atoms with Crippen LogP contribution in [0, 0.1) is 11.8 Å². The van der Waals surface area contributed by atoms with E-state index in [0.29, 0.717) is 13.0 Å². The Morgan fingerprint density at radius 1 is 1.67 bits per heavy atom. The second-order valence-electron chi connectivity index (χ2n) is 2.73. The molecule has 1 rings (SSSR count). The van der Waals surface area contributed by atoms with E-state index in [1.165, 1.54) is 6.20 Å². The molecular weight excluding hydrogens is 194 g/mol. The molecule has 0 saturated heterocycles. The summed E-state index contributed by atoms with van der Waals surface area (Å²) in [6.45, 7) is 2.21. The molecule has 0 radical (unpaired) electrons. The molecule has 0 atom stereocenters. The lowest BCUT2D eigenvalue weighted by Crippen LogP contribution is -2.26. The summed E-state index contributed by atoms with van der Waals surface area (Å²) in [6.07, 6.45) is 2.95. The van der Waals surface area contributed by atoms with Crippen molar-refractivity contribution in [2.45, 2.75) is 13.3 Å². The minimum Gasteiger partial charge on any atom is -0.350 e. The smallest absolute Gasteiger partial charge is 0.271 e. The van der Waals surface area contributed by atoms with Gasteiger partial charge in [0.25, 0.3) is 11.5 Å². The first-order valence-electron chi connectivity index (χ1n) is 4.46. The Labute approximate surface area is 86.9 Å². The molecule has 0 aromatic carbocycles. The van der Waals surface area contributed by atoms with Crippen molar-refractivity contribution in [3.8, 4) is 11.8 Å². The molecule has 0 aliphatic heterocycles. The molecular formula is C10H11N3O2. The van der Waals surface area contributed by atoms with Gasteiger partial charge in [-0.15, -0.1) is 11.8 Å². The third-order valence-electron chi connectivity index (χ3n) is 1.62. The average Bonchev–Trinajstić information content (AvgIpc) is 2.25. The van der Waals surface area contributed by atoms with E-state index in [-0.39, 0.29) is 17.2 Å². The summed E-state index contributed by atoms with van der Waals surface area (Å²) < 4.78 is 0. The number of aromatic amines is 1. The minimum absolute atomic E-state index is 0.194. The van der Waals surface area contributed by atoms with E-state index in [2.05, 4.69) is 27.1 Å².